The van der Waals surface area contributed by atoms with Gasteiger partial charge >= 0.3 is 0 Å². The van der Waals surface area contributed by atoms with Crippen molar-refractivity contribution >= 4 is 35.2 Å². The van der Waals surface area contributed by atoms with Gasteiger partial charge in [-0.15, -0.1) is 0 Å². The number of benzene rings is 2. The van der Waals surface area contributed by atoms with Crippen molar-refractivity contribution in [2.24, 2.45) is 0 Å². The monoisotopic (exact) mass is 474 g/mol. The van der Waals surface area contributed by atoms with Crippen molar-refractivity contribution in [1.82, 2.24) is 15.1 Å². The molecule has 2 aromatic rings. The van der Waals surface area contributed by atoms with Gasteiger partial charge in [-0.1, -0.05) is 23.7 Å². The summed E-state index contributed by atoms with van der Waals surface area (Å²) in [6.45, 7) is 4.75. The van der Waals surface area contributed by atoms with E-state index in [2.05, 4.69) is 15.5 Å². The summed E-state index contributed by atoms with van der Waals surface area (Å²) >= 11 is 5.84. The van der Waals surface area contributed by atoms with E-state index in [9.17, 15) is 18.4 Å². The predicted octanol–water partition coefficient (Wildman–Crippen LogP) is 3.27. The Bertz CT molecular complexity index is 1060. The lowest BCUT2D eigenvalue weighted by atomic mass is 10.0. The van der Waals surface area contributed by atoms with E-state index in [1.54, 1.807) is 12.1 Å². The maximum absolute atomic E-state index is 14.0. The number of halogens is 3. The molecule has 2 aliphatic heterocycles. The maximum Gasteiger partial charge on any atom is 0.247 e. The van der Waals surface area contributed by atoms with Crippen molar-refractivity contribution in [2.45, 2.75) is 25.6 Å². The largest absolute Gasteiger partial charge is 0.328 e. The summed E-state index contributed by atoms with van der Waals surface area (Å²) in [5.74, 6) is -1.38. The lowest BCUT2D eigenvalue weighted by molar-refractivity contribution is -0.136. The van der Waals surface area contributed by atoms with Gasteiger partial charge in [-0.2, -0.15) is 0 Å². The number of hydrogen-bond acceptors (Lipinski definition) is 4. The Kier molecular flexibility index (Phi) is 7.07. The number of hydrogen-bond donors (Lipinski definition) is 2. The van der Waals surface area contributed by atoms with E-state index < -0.39 is 5.82 Å². The van der Waals surface area contributed by atoms with Crippen LogP contribution in [0.5, 0.6) is 0 Å². The molecule has 0 spiro atoms. The number of fused-ring (bicyclic) bond motifs is 2. The molecule has 0 radical (unpaired) electrons. The highest BCUT2D eigenvalue weighted by atomic mass is 35.5. The molecular formula is C24H25ClF2N4O2. The molecule has 33 heavy (non-hydrogen) atoms. The summed E-state index contributed by atoms with van der Waals surface area (Å²) in [5.41, 5.74) is 1.72. The average molecular weight is 475 g/mol. The molecule has 2 bridgehead atoms. The average Bonchev–Trinajstić information content (AvgIpc) is 2.75. The summed E-state index contributed by atoms with van der Waals surface area (Å²) in [5, 5.41) is 5.88. The zero-order chi connectivity index (χ0) is 23.5. The summed E-state index contributed by atoms with van der Waals surface area (Å²) < 4.78 is 27.2. The van der Waals surface area contributed by atoms with Crippen molar-refractivity contribution in [3.05, 3.63) is 70.3 Å². The van der Waals surface area contributed by atoms with Crippen LogP contribution in [0, 0.1) is 11.6 Å². The Morgan fingerprint density at radius 3 is 2.45 bits per heavy atom. The fraction of sp³-hybridized carbons (Fsp3) is 0.333. The molecule has 9 heteroatoms. The van der Waals surface area contributed by atoms with Crippen LogP contribution in [0.3, 0.4) is 0 Å². The van der Waals surface area contributed by atoms with Crippen molar-refractivity contribution in [2.75, 3.05) is 31.5 Å². The molecule has 2 saturated heterocycles. The zero-order valence-corrected chi connectivity index (χ0v) is 18.9. The molecule has 2 fully saturated rings. The lowest BCUT2D eigenvalue weighted by Gasteiger charge is -2.50. The number of anilines is 1. The molecule has 2 heterocycles. The molecule has 2 amide bonds. The van der Waals surface area contributed by atoms with E-state index in [0.29, 0.717) is 44.0 Å². The fourth-order valence-corrected chi connectivity index (χ4v) is 4.63. The van der Waals surface area contributed by atoms with Crippen LogP contribution in [-0.2, 0) is 16.1 Å². The smallest absolute Gasteiger partial charge is 0.247 e. The van der Waals surface area contributed by atoms with E-state index >= 15 is 0 Å². The fourth-order valence-electron chi connectivity index (χ4n) is 4.47. The van der Waals surface area contributed by atoms with Gasteiger partial charge in [0.15, 0.2) is 0 Å². The Morgan fingerprint density at radius 1 is 1.15 bits per heavy atom. The van der Waals surface area contributed by atoms with Gasteiger partial charge in [-0.25, -0.2) is 8.78 Å². The summed E-state index contributed by atoms with van der Waals surface area (Å²) in [6, 6.07) is 8.95. The molecule has 2 aliphatic rings. The maximum atomic E-state index is 14.0. The minimum Gasteiger partial charge on any atom is -0.328 e. The highest BCUT2D eigenvalue weighted by molar-refractivity contribution is 6.31. The minimum absolute atomic E-state index is 0.0214. The number of amides is 2. The number of carbonyl (C=O) groups excluding carboxylic acids is 2. The predicted molar refractivity (Wildman–Crippen MR) is 124 cm³/mol. The van der Waals surface area contributed by atoms with Gasteiger partial charge in [0.1, 0.15) is 11.6 Å². The third kappa shape index (κ3) is 5.58. The Labute approximate surface area is 196 Å². The van der Waals surface area contributed by atoms with E-state index in [0.717, 1.165) is 5.56 Å². The summed E-state index contributed by atoms with van der Waals surface area (Å²) in [4.78, 5) is 28.7. The van der Waals surface area contributed by atoms with E-state index in [1.165, 1.54) is 43.3 Å². The number of nitrogens with zero attached hydrogens (tertiary/aromatic N) is 2. The molecule has 0 saturated carbocycles. The zero-order valence-electron chi connectivity index (χ0n) is 18.2. The van der Waals surface area contributed by atoms with Crippen molar-refractivity contribution in [1.29, 1.82) is 0 Å². The molecule has 2 atom stereocenters. The van der Waals surface area contributed by atoms with Gasteiger partial charge in [-0.3, -0.25) is 14.5 Å². The molecule has 174 valence electrons. The topological polar surface area (TPSA) is 64.7 Å². The van der Waals surface area contributed by atoms with Crippen LogP contribution < -0.4 is 10.6 Å². The lowest BCUT2D eigenvalue weighted by Crippen LogP contribution is -2.68. The van der Waals surface area contributed by atoms with Gasteiger partial charge in [-0.05, 0) is 35.9 Å². The second-order valence-electron chi connectivity index (χ2n) is 8.40. The molecule has 2 N–H and O–H groups in total. The van der Waals surface area contributed by atoms with E-state index in [4.69, 9.17) is 11.6 Å². The van der Waals surface area contributed by atoms with Gasteiger partial charge < -0.3 is 15.5 Å². The molecule has 0 aliphatic carbocycles. The number of rotatable bonds is 5. The first-order chi connectivity index (χ1) is 15.8. The Morgan fingerprint density at radius 2 is 1.82 bits per heavy atom. The van der Waals surface area contributed by atoms with Crippen molar-refractivity contribution in [3.63, 3.8) is 0 Å². The van der Waals surface area contributed by atoms with Crippen LogP contribution in [0.4, 0.5) is 14.5 Å². The number of nitrogens with one attached hydrogen (secondary N) is 2. The SMILES string of the molecule is CC(=O)Nc1cc(Cl)c(F)cc1C=CC(=O)N1C2CNCC1CN(Cc1ccc(F)cc1)C2. The molecule has 4 rings (SSSR count). The first-order valence-electron chi connectivity index (χ1n) is 10.7. The van der Waals surface area contributed by atoms with E-state index in [1.807, 2.05) is 4.90 Å². The number of carbonyl (C=O) groups is 2. The van der Waals surface area contributed by atoms with Gasteiger partial charge in [0.2, 0.25) is 11.8 Å². The first-order valence-corrected chi connectivity index (χ1v) is 11.1. The molecule has 2 unspecified atom stereocenters. The Hall–Kier alpha value is -2.81. The van der Waals surface area contributed by atoms with Gasteiger partial charge in [0.25, 0.3) is 0 Å². The normalized spacial score (nSPS) is 20.8. The standard InChI is InChI=1S/C24H25ClF2N4O2/c1-15(32)29-23-9-21(25)22(27)8-17(23)4-7-24(33)31-19-10-28-11-20(31)14-30(13-19)12-16-2-5-18(26)6-3-16/h2-9,19-20,28H,10-14H2,1H3,(H,29,32). The van der Waals surface area contributed by atoms with Crippen LogP contribution in [0.25, 0.3) is 6.08 Å². The second-order valence-corrected chi connectivity index (χ2v) is 8.81. The van der Waals surface area contributed by atoms with Crippen LogP contribution in [0.15, 0.2) is 42.5 Å². The van der Waals surface area contributed by atoms with E-state index in [-0.39, 0.29) is 34.7 Å². The van der Waals surface area contributed by atoms with Crippen molar-refractivity contribution in [3.8, 4) is 0 Å². The molecular weight excluding hydrogens is 450 g/mol. The molecule has 6 nitrogen and oxygen atoms in total. The van der Waals surface area contributed by atoms with Crippen LogP contribution in [-0.4, -0.2) is 59.9 Å². The van der Waals surface area contributed by atoms with Gasteiger partial charge in [0, 0.05) is 57.0 Å². The summed E-state index contributed by atoms with van der Waals surface area (Å²) in [7, 11) is 0. The Balaban J connectivity index is 1.48. The highest BCUT2D eigenvalue weighted by Crippen LogP contribution is 2.27. The van der Waals surface area contributed by atoms with Crippen LogP contribution in [0.2, 0.25) is 5.02 Å². The molecule has 2 aromatic carbocycles. The van der Waals surface area contributed by atoms with Crippen LogP contribution >= 0.6 is 11.6 Å². The number of piperazine rings is 2. The first kappa shape index (κ1) is 23.4. The van der Waals surface area contributed by atoms with Crippen molar-refractivity contribution < 1.29 is 18.4 Å². The van der Waals surface area contributed by atoms with Crippen LogP contribution in [0.1, 0.15) is 18.1 Å². The minimum atomic E-state index is -0.631. The van der Waals surface area contributed by atoms with Gasteiger partial charge in [0.05, 0.1) is 17.1 Å². The third-order valence-electron chi connectivity index (χ3n) is 5.87. The summed E-state index contributed by atoms with van der Waals surface area (Å²) in [6.07, 6.45) is 2.91. The molecule has 0 aromatic heterocycles. The third-order valence-corrected chi connectivity index (χ3v) is 6.16. The quantitative estimate of drug-likeness (QED) is 0.653. The second kappa shape index (κ2) is 9.99. The highest BCUT2D eigenvalue weighted by Gasteiger charge is 2.39.